The van der Waals surface area contributed by atoms with Gasteiger partial charge in [0.15, 0.2) is 0 Å². The zero-order chi connectivity index (χ0) is 13.8. The molecule has 0 saturated heterocycles. The molecule has 0 spiro atoms. The average molecular weight is 259 g/mol. The molecule has 100 valence electrons. The van der Waals surface area contributed by atoms with E-state index in [0.29, 0.717) is 11.4 Å². The van der Waals surface area contributed by atoms with E-state index in [1.165, 1.54) is 0 Å². The van der Waals surface area contributed by atoms with Crippen LogP contribution in [0.3, 0.4) is 0 Å². The standard InChI is InChI=1S/C12H13N5O2/c13-16(18)11-5-1-9(2-6-11)15-10-3-7-12(8-4-10)17(14)19/h1-8,13-17H/q-2. The summed E-state index contributed by atoms with van der Waals surface area (Å²) in [5.41, 5.74) is 2.21. The predicted octanol–water partition coefficient (Wildman–Crippen LogP) is 1.39. The van der Waals surface area contributed by atoms with Gasteiger partial charge in [-0.1, -0.05) is 0 Å². The minimum absolute atomic E-state index is 0.334. The summed E-state index contributed by atoms with van der Waals surface area (Å²) in [7, 11) is 0. The summed E-state index contributed by atoms with van der Waals surface area (Å²) in [6.07, 6.45) is 0. The Morgan fingerprint density at radius 3 is 1.26 bits per heavy atom. The van der Waals surface area contributed by atoms with E-state index in [4.69, 9.17) is 11.7 Å². The van der Waals surface area contributed by atoms with Crippen molar-refractivity contribution in [1.82, 2.24) is 0 Å². The van der Waals surface area contributed by atoms with Crippen LogP contribution in [0.1, 0.15) is 0 Å². The highest BCUT2D eigenvalue weighted by molar-refractivity contribution is 5.62. The maximum Gasteiger partial charge on any atom is 0.121 e. The van der Waals surface area contributed by atoms with Gasteiger partial charge in [0, 0.05) is 35.6 Å². The number of hydrogen-bond acceptors (Lipinski definition) is 3. The van der Waals surface area contributed by atoms with Gasteiger partial charge in [0.25, 0.3) is 0 Å². The van der Waals surface area contributed by atoms with E-state index in [0.717, 1.165) is 11.4 Å². The van der Waals surface area contributed by atoms with Crippen molar-refractivity contribution in [2.45, 2.75) is 0 Å². The van der Waals surface area contributed by atoms with Crippen molar-refractivity contribution in [1.29, 1.82) is 0 Å². The predicted molar refractivity (Wildman–Crippen MR) is 72.8 cm³/mol. The fourth-order valence-corrected chi connectivity index (χ4v) is 1.58. The van der Waals surface area contributed by atoms with Crippen LogP contribution in [-0.2, 0) is 0 Å². The number of hydrogen-bond donors (Lipinski definition) is 3. The Bertz CT molecular complexity index is 475. The molecule has 2 unspecified atom stereocenters. The second kappa shape index (κ2) is 5.76. The number of quaternary nitrogens is 2. The summed E-state index contributed by atoms with van der Waals surface area (Å²) in [5, 5.41) is 23.3. The van der Waals surface area contributed by atoms with Crippen molar-refractivity contribution < 1.29 is 10.3 Å². The second-order valence-electron chi connectivity index (χ2n) is 3.94. The van der Waals surface area contributed by atoms with Crippen LogP contribution in [0.25, 0.3) is 11.7 Å². The first-order valence-electron chi connectivity index (χ1n) is 5.55. The molecule has 2 aromatic rings. The van der Waals surface area contributed by atoms with Crippen LogP contribution in [0.15, 0.2) is 48.5 Å². The Morgan fingerprint density at radius 2 is 1.00 bits per heavy atom. The Labute approximate surface area is 110 Å². The molecule has 7 heteroatoms. The first-order chi connectivity index (χ1) is 9.06. The SMILES string of the molecule is [NH-][NH+]([O-])c1ccc(Nc2ccc([NH+]([NH-])[O-])cc2)cc1. The lowest BCUT2D eigenvalue weighted by atomic mass is 10.2. The Morgan fingerprint density at radius 1 is 0.684 bits per heavy atom. The molecule has 0 heterocycles. The Kier molecular flexibility index (Phi) is 4.07. The Hall–Kier alpha value is -2.00. The van der Waals surface area contributed by atoms with Crippen molar-refractivity contribution in [2.75, 3.05) is 5.32 Å². The fraction of sp³-hybridized carbons (Fsp3) is 0. The van der Waals surface area contributed by atoms with Gasteiger partial charge in [0.2, 0.25) is 0 Å². The zero-order valence-corrected chi connectivity index (χ0v) is 9.94. The van der Waals surface area contributed by atoms with Crippen molar-refractivity contribution >= 4 is 22.7 Å². The fourth-order valence-electron chi connectivity index (χ4n) is 1.58. The van der Waals surface area contributed by atoms with E-state index in [9.17, 15) is 10.4 Å². The summed E-state index contributed by atoms with van der Waals surface area (Å²) in [4.78, 5) is 0. The third kappa shape index (κ3) is 3.48. The van der Waals surface area contributed by atoms with Crippen LogP contribution >= 0.6 is 0 Å². The van der Waals surface area contributed by atoms with Crippen LogP contribution < -0.4 is 15.7 Å². The van der Waals surface area contributed by atoms with Gasteiger partial charge in [-0.2, -0.15) is 0 Å². The highest BCUT2D eigenvalue weighted by Crippen LogP contribution is 2.18. The molecular formula is C12H13N5O2-2. The number of benzene rings is 2. The summed E-state index contributed by atoms with van der Waals surface area (Å²) in [6, 6.07) is 13.1. The van der Waals surface area contributed by atoms with Gasteiger partial charge < -0.3 is 37.8 Å². The molecule has 0 aliphatic heterocycles. The van der Waals surface area contributed by atoms with Gasteiger partial charge in [-0.25, -0.2) is 0 Å². The number of rotatable bonds is 4. The van der Waals surface area contributed by atoms with Crippen molar-refractivity contribution in [3.8, 4) is 0 Å². The van der Waals surface area contributed by atoms with Gasteiger partial charge in [-0.15, -0.1) is 0 Å². The topological polar surface area (TPSA) is 115 Å². The van der Waals surface area contributed by atoms with E-state index < -0.39 is 10.3 Å². The van der Waals surface area contributed by atoms with E-state index >= 15 is 0 Å². The summed E-state index contributed by atoms with van der Waals surface area (Å²) in [6.45, 7) is 0. The van der Waals surface area contributed by atoms with Crippen molar-refractivity contribution in [2.24, 2.45) is 0 Å². The molecule has 7 nitrogen and oxygen atoms in total. The molecule has 0 aromatic heterocycles. The van der Waals surface area contributed by atoms with Gasteiger partial charge in [-0.05, 0) is 24.3 Å². The Balaban J connectivity index is 2.08. The van der Waals surface area contributed by atoms with E-state index in [1.54, 1.807) is 48.5 Å². The summed E-state index contributed by atoms with van der Waals surface area (Å²) >= 11 is 0. The van der Waals surface area contributed by atoms with Crippen LogP contribution in [0.2, 0.25) is 0 Å². The van der Waals surface area contributed by atoms with Gasteiger partial charge in [-0.3, -0.25) is 0 Å². The monoisotopic (exact) mass is 259 g/mol. The second-order valence-corrected chi connectivity index (χ2v) is 3.94. The maximum absolute atomic E-state index is 10.8. The number of nitrogens with one attached hydrogen (secondary N) is 5. The lowest BCUT2D eigenvalue weighted by molar-refractivity contribution is -0.715. The highest BCUT2D eigenvalue weighted by Gasteiger charge is 1.98. The van der Waals surface area contributed by atoms with Crippen LogP contribution in [0, 0.1) is 10.4 Å². The number of anilines is 2. The lowest BCUT2D eigenvalue weighted by Gasteiger charge is -2.24. The summed E-state index contributed by atoms with van der Waals surface area (Å²) < 4.78 is 0. The molecule has 0 fully saturated rings. The molecule has 0 radical (unpaired) electrons. The van der Waals surface area contributed by atoms with Crippen molar-refractivity contribution in [3.63, 3.8) is 0 Å². The molecule has 2 aromatic carbocycles. The van der Waals surface area contributed by atoms with Crippen LogP contribution in [0.5, 0.6) is 0 Å². The molecule has 2 atom stereocenters. The smallest absolute Gasteiger partial charge is 0.121 e. The first-order valence-corrected chi connectivity index (χ1v) is 5.55. The van der Waals surface area contributed by atoms with Gasteiger partial charge >= 0.3 is 0 Å². The normalized spacial score (nSPS) is 13.9. The van der Waals surface area contributed by atoms with Crippen LogP contribution in [0.4, 0.5) is 22.7 Å². The molecule has 0 aliphatic rings. The zero-order valence-electron chi connectivity index (χ0n) is 9.94. The third-order valence-electron chi connectivity index (χ3n) is 2.58. The van der Waals surface area contributed by atoms with E-state index in [1.807, 2.05) is 0 Å². The van der Waals surface area contributed by atoms with Gasteiger partial charge in [0.05, 0.1) is 0 Å². The molecule has 5 N–H and O–H groups in total. The lowest BCUT2D eigenvalue weighted by Crippen LogP contribution is -2.94. The molecule has 0 aliphatic carbocycles. The molecule has 0 bridgehead atoms. The molecular weight excluding hydrogens is 246 g/mol. The average Bonchev–Trinajstić information content (AvgIpc) is 2.40. The quantitative estimate of drug-likeness (QED) is 0.720. The van der Waals surface area contributed by atoms with E-state index in [2.05, 4.69) is 5.32 Å². The van der Waals surface area contributed by atoms with E-state index in [-0.39, 0.29) is 0 Å². The van der Waals surface area contributed by atoms with Crippen molar-refractivity contribution in [3.05, 3.63) is 70.6 Å². The van der Waals surface area contributed by atoms with Crippen LogP contribution in [-0.4, -0.2) is 0 Å². The highest BCUT2D eigenvalue weighted by atomic mass is 16.5. The molecule has 19 heavy (non-hydrogen) atoms. The minimum Gasteiger partial charge on any atom is -0.639 e. The maximum atomic E-state index is 10.8. The molecule has 0 saturated carbocycles. The first kappa shape index (κ1) is 13.4. The largest absolute Gasteiger partial charge is 0.639 e. The minimum atomic E-state index is -0.718. The molecule has 0 amide bonds. The molecule has 2 rings (SSSR count). The summed E-state index contributed by atoms with van der Waals surface area (Å²) in [5.74, 6) is 13.9. The van der Waals surface area contributed by atoms with Gasteiger partial charge in [0.1, 0.15) is 11.4 Å². The third-order valence-corrected chi connectivity index (χ3v) is 2.58.